The molecule has 160 valence electrons. The van der Waals surface area contributed by atoms with Crippen LogP contribution in [0.15, 0.2) is 21.0 Å². The fourth-order valence-corrected chi connectivity index (χ4v) is 5.06. The van der Waals surface area contributed by atoms with Crippen molar-refractivity contribution in [2.75, 3.05) is 0 Å². The van der Waals surface area contributed by atoms with E-state index in [4.69, 9.17) is 5.14 Å². The van der Waals surface area contributed by atoms with E-state index in [-0.39, 0.29) is 22.5 Å². The Morgan fingerprint density at radius 1 is 1.28 bits per heavy atom. The first-order valence-corrected chi connectivity index (χ1v) is 11.6. The van der Waals surface area contributed by atoms with E-state index in [1.54, 1.807) is 0 Å². The van der Waals surface area contributed by atoms with E-state index in [1.807, 2.05) is 27.7 Å². The minimum absolute atomic E-state index is 0.0334. The Balaban J connectivity index is 2.46. The van der Waals surface area contributed by atoms with Crippen LogP contribution in [0.2, 0.25) is 0 Å². The molecule has 0 radical (unpaired) electrons. The van der Waals surface area contributed by atoms with Gasteiger partial charge >= 0.3 is 0 Å². The number of rotatable bonds is 6. The molecule has 1 amide bonds. The van der Waals surface area contributed by atoms with E-state index >= 15 is 0 Å². The summed E-state index contributed by atoms with van der Waals surface area (Å²) < 4.78 is 31.0. The summed E-state index contributed by atoms with van der Waals surface area (Å²) in [6, 6.07) is 0. The second-order valence-electron chi connectivity index (χ2n) is 7.97. The molecule has 2 aromatic heterocycles. The second-order valence-corrected chi connectivity index (χ2v) is 11.0. The molecule has 0 aliphatic rings. The first-order valence-electron chi connectivity index (χ1n) is 9.17. The number of amides is 1. The topological polar surface area (TPSA) is 119 Å². The number of carbonyl (C=O) groups is 1. The van der Waals surface area contributed by atoms with Crippen molar-refractivity contribution in [2.45, 2.75) is 69.6 Å². The molecule has 1 atom stereocenters. The maximum Gasteiger partial charge on any atom is 0.259 e. The number of thiazole rings is 1. The lowest BCUT2D eigenvalue weighted by atomic mass is 9.90. The van der Waals surface area contributed by atoms with Crippen LogP contribution >= 0.6 is 11.3 Å². The maximum atomic E-state index is 14.4. The lowest BCUT2D eigenvalue weighted by Gasteiger charge is -2.18. The number of aromatic nitrogens is 2. The fraction of sp³-hybridized carbons (Fsp3) is 0.526. The van der Waals surface area contributed by atoms with Crippen LogP contribution in [0, 0.1) is 5.82 Å². The monoisotopic (exact) mass is 442 g/mol. The van der Waals surface area contributed by atoms with Crippen molar-refractivity contribution < 1.29 is 18.5 Å². The third kappa shape index (κ3) is 5.44. The Morgan fingerprint density at radius 3 is 2.38 bits per heavy atom. The number of nitrogens with two attached hydrogens (primary N) is 1. The van der Waals surface area contributed by atoms with Gasteiger partial charge in [0.15, 0.2) is 9.92 Å². The van der Waals surface area contributed by atoms with E-state index in [2.05, 4.69) is 14.3 Å². The summed E-state index contributed by atoms with van der Waals surface area (Å²) in [6.07, 6.45) is 2.16. The average Bonchev–Trinajstić information content (AvgIpc) is 3.04. The number of aliphatic hydroxyl groups is 1. The molecule has 29 heavy (non-hydrogen) atoms. The minimum atomic E-state index is -3.54. The predicted molar refractivity (Wildman–Crippen MR) is 111 cm³/mol. The van der Waals surface area contributed by atoms with E-state index in [1.165, 1.54) is 20.0 Å². The number of carbonyl (C=O) groups excluding carboxylic acids is 1. The minimum Gasteiger partial charge on any atom is -0.383 e. The van der Waals surface area contributed by atoms with Gasteiger partial charge in [0.1, 0.15) is 20.6 Å². The van der Waals surface area contributed by atoms with Gasteiger partial charge in [-0.25, -0.2) is 18.7 Å². The van der Waals surface area contributed by atoms with Crippen molar-refractivity contribution >= 4 is 27.2 Å². The SMILES string of the molecule is CC(C)c1ncc(F)c(C(C)C)c1CC(=O)N=[S@](N)(=O)c1cnc(C(C)(C)O)s1. The molecule has 0 bridgehead atoms. The first-order chi connectivity index (χ1) is 13.2. The Kier molecular flexibility index (Phi) is 6.93. The molecule has 0 aliphatic heterocycles. The molecule has 2 heterocycles. The van der Waals surface area contributed by atoms with Crippen molar-refractivity contribution in [3.05, 3.63) is 40.0 Å². The Bertz CT molecular complexity index is 1030. The normalized spacial score (nSPS) is 14.3. The number of hydrogen-bond donors (Lipinski definition) is 2. The van der Waals surface area contributed by atoms with Gasteiger partial charge in [-0.05, 0) is 36.8 Å². The number of halogens is 1. The lowest BCUT2D eigenvalue weighted by Crippen LogP contribution is -2.17. The molecule has 0 saturated heterocycles. The summed E-state index contributed by atoms with van der Waals surface area (Å²) in [6.45, 7) is 10.5. The van der Waals surface area contributed by atoms with Crippen molar-refractivity contribution in [2.24, 2.45) is 9.50 Å². The van der Waals surface area contributed by atoms with Crippen LogP contribution in [0.3, 0.4) is 0 Å². The van der Waals surface area contributed by atoms with Gasteiger partial charge in [-0.2, -0.15) is 0 Å². The largest absolute Gasteiger partial charge is 0.383 e. The van der Waals surface area contributed by atoms with Gasteiger partial charge < -0.3 is 5.11 Å². The summed E-state index contributed by atoms with van der Waals surface area (Å²) in [5.74, 6) is -1.42. The highest BCUT2D eigenvalue weighted by molar-refractivity contribution is 7.93. The second kappa shape index (κ2) is 8.55. The van der Waals surface area contributed by atoms with Gasteiger partial charge in [-0.3, -0.25) is 9.78 Å². The van der Waals surface area contributed by atoms with Crippen LogP contribution in [0.25, 0.3) is 0 Å². The third-order valence-corrected chi connectivity index (χ3v) is 7.42. The first kappa shape index (κ1) is 23.5. The number of pyridine rings is 1. The van der Waals surface area contributed by atoms with Crippen molar-refractivity contribution in [3.8, 4) is 0 Å². The molecule has 2 rings (SSSR count). The van der Waals surface area contributed by atoms with Crippen LogP contribution in [0.1, 0.15) is 75.2 Å². The zero-order valence-corrected chi connectivity index (χ0v) is 19.0. The third-order valence-electron chi connectivity index (χ3n) is 4.19. The predicted octanol–water partition coefficient (Wildman–Crippen LogP) is 3.62. The molecule has 2 aromatic rings. The fourth-order valence-electron chi connectivity index (χ4n) is 2.92. The number of nitrogens with zero attached hydrogens (tertiary/aromatic N) is 3. The summed E-state index contributed by atoms with van der Waals surface area (Å²) in [5, 5.41) is 16.1. The summed E-state index contributed by atoms with van der Waals surface area (Å²) in [7, 11) is -3.54. The van der Waals surface area contributed by atoms with Crippen molar-refractivity contribution in [1.82, 2.24) is 9.97 Å². The van der Waals surface area contributed by atoms with Gasteiger partial charge in [-0.1, -0.05) is 27.7 Å². The van der Waals surface area contributed by atoms with Crippen molar-refractivity contribution in [3.63, 3.8) is 0 Å². The Morgan fingerprint density at radius 2 is 1.90 bits per heavy atom. The summed E-state index contributed by atoms with van der Waals surface area (Å²) in [4.78, 5) is 20.8. The molecule has 0 unspecified atom stereocenters. The molecule has 7 nitrogen and oxygen atoms in total. The van der Waals surface area contributed by atoms with Crippen LogP contribution in [-0.4, -0.2) is 25.2 Å². The van der Waals surface area contributed by atoms with E-state index in [0.29, 0.717) is 21.8 Å². The highest BCUT2D eigenvalue weighted by atomic mass is 32.2. The number of hydrogen-bond acceptors (Lipinski definition) is 6. The van der Waals surface area contributed by atoms with Gasteiger partial charge in [-0.15, -0.1) is 15.7 Å². The van der Waals surface area contributed by atoms with E-state index < -0.39 is 27.2 Å². The van der Waals surface area contributed by atoms with Crippen LogP contribution < -0.4 is 5.14 Å². The Labute approximate surface area is 174 Å². The maximum absolute atomic E-state index is 14.4. The quantitative estimate of drug-likeness (QED) is 0.708. The standard InChI is InChI=1S/C19H27FN4O3S2/c1-10(2)16-12(17(11(3)4)22-8-13(16)20)7-14(25)24-29(21,27)15-9-23-18(28-15)19(5,6)26/h8-11,26H,7H2,1-6H3,(H2,21,24,25,27)/t29-/m0/s1. The van der Waals surface area contributed by atoms with Gasteiger partial charge in [0, 0.05) is 5.69 Å². The lowest BCUT2D eigenvalue weighted by molar-refractivity contribution is -0.117. The highest BCUT2D eigenvalue weighted by Crippen LogP contribution is 2.30. The van der Waals surface area contributed by atoms with Crippen LogP contribution in [0.4, 0.5) is 4.39 Å². The zero-order valence-electron chi connectivity index (χ0n) is 17.4. The summed E-state index contributed by atoms with van der Waals surface area (Å²) in [5.41, 5.74) is 0.233. The molecule has 3 N–H and O–H groups in total. The molecule has 0 aliphatic carbocycles. The van der Waals surface area contributed by atoms with Gasteiger partial charge in [0.2, 0.25) is 0 Å². The summed E-state index contributed by atoms with van der Waals surface area (Å²) >= 11 is 0.934. The molecule has 0 aromatic carbocycles. The van der Waals surface area contributed by atoms with E-state index in [0.717, 1.165) is 17.5 Å². The molecule has 10 heteroatoms. The Hall–Kier alpha value is -1.75. The van der Waals surface area contributed by atoms with Gasteiger partial charge in [0.25, 0.3) is 5.91 Å². The van der Waals surface area contributed by atoms with Crippen LogP contribution in [-0.2, 0) is 26.7 Å². The molecule has 0 spiro atoms. The van der Waals surface area contributed by atoms with Crippen LogP contribution in [0.5, 0.6) is 0 Å². The molecule has 0 fully saturated rings. The van der Waals surface area contributed by atoms with Crippen molar-refractivity contribution in [1.29, 1.82) is 0 Å². The van der Waals surface area contributed by atoms with Gasteiger partial charge in [0.05, 0.1) is 18.8 Å². The highest BCUT2D eigenvalue weighted by Gasteiger charge is 2.25. The average molecular weight is 443 g/mol. The zero-order chi connectivity index (χ0) is 22.1. The molecular formula is C19H27FN4O3S2. The molecule has 0 saturated carbocycles. The smallest absolute Gasteiger partial charge is 0.259 e. The van der Waals surface area contributed by atoms with E-state index in [9.17, 15) is 18.5 Å². The molecular weight excluding hydrogens is 415 g/mol.